The van der Waals surface area contributed by atoms with Gasteiger partial charge in [0.2, 0.25) is 0 Å². The maximum absolute atomic E-state index is 5.82. The molecule has 0 saturated heterocycles. The van der Waals surface area contributed by atoms with Crippen LogP contribution in [-0.4, -0.2) is 29.5 Å². The van der Waals surface area contributed by atoms with Crippen LogP contribution in [0.3, 0.4) is 0 Å². The summed E-state index contributed by atoms with van der Waals surface area (Å²) in [5.74, 6) is 0.842. The van der Waals surface area contributed by atoms with Crippen molar-refractivity contribution in [2.24, 2.45) is 11.7 Å². The third kappa shape index (κ3) is 2.77. The number of nitrogens with zero attached hydrogens (tertiary/aromatic N) is 2. The number of likely N-dealkylation sites (N-methyl/N-ethyl adjacent to an activating group) is 1. The Morgan fingerprint density at radius 2 is 2.40 bits per heavy atom. The van der Waals surface area contributed by atoms with Gasteiger partial charge in [0.25, 0.3) is 0 Å². The van der Waals surface area contributed by atoms with Crippen molar-refractivity contribution in [3.8, 4) is 0 Å². The molecule has 0 bridgehead atoms. The van der Waals surface area contributed by atoms with Crippen molar-refractivity contribution in [2.75, 3.05) is 13.6 Å². The fourth-order valence-electron chi connectivity index (χ4n) is 2.05. The molecule has 1 atom stereocenters. The van der Waals surface area contributed by atoms with E-state index in [4.69, 9.17) is 5.73 Å². The van der Waals surface area contributed by atoms with Crippen molar-refractivity contribution in [1.82, 2.24) is 9.88 Å². The first-order chi connectivity index (χ1) is 7.20. The first-order valence-electron chi connectivity index (χ1n) is 5.52. The van der Waals surface area contributed by atoms with E-state index in [-0.39, 0.29) is 0 Å². The molecule has 3 nitrogen and oxygen atoms in total. The van der Waals surface area contributed by atoms with Gasteiger partial charge in [-0.05, 0) is 32.7 Å². The van der Waals surface area contributed by atoms with Crippen molar-refractivity contribution < 1.29 is 0 Å². The minimum Gasteiger partial charge on any atom is -0.329 e. The van der Waals surface area contributed by atoms with Crippen molar-refractivity contribution in [3.05, 3.63) is 16.1 Å². The predicted octanol–water partition coefficient (Wildman–Crippen LogP) is 1.62. The molecule has 1 fully saturated rings. The molecule has 0 aliphatic heterocycles. The summed E-state index contributed by atoms with van der Waals surface area (Å²) in [7, 11) is 2.17. The van der Waals surface area contributed by atoms with Crippen LogP contribution in [-0.2, 0) is 6.54 Å². The summed E-state index contributed by atoms with van der Waals surface area (Å²) < 4.78 is 0. The van der Waals surface area contributed by atoms with Crippen LogP contribution < -0.4 is 5.73 Å². The lowest BCUT2D eigenvalue weighted by atomic mass is 10.1. The molecule has 4 heteroatoms. The first kappa shape index (κ1) is 11.0. The van der Waals surface area contributed by atoms with Gasteiger partial charge in [0.1, 0.15) is 0 Å². The van der Waals surface area contributed by atoms with Gasteiger partial charge in [0.05, 0.1) is 5.01 Å². The Labute approximate surface area is 95.3 Å². The molecule has 84 valence electrons. The molecule has 0 aromatic carbocycles. The predicted molar refractivity (Wildman–Crippen MR) is 63.9 cm³/mol. The topological polar surface area (TPSA) is 42.2 Å². The van der Waals surface area contributed by atoms with Gasteiger partial charge in [-0.1, -0.05) is 0 Å². The van der Waals surface area contributed by atoms with E-state index in [0.29, 0.717) is 6.04 Å². The first-order valence-corrected chi connectivity index (χ1v) is 6.34. The van der Waals surface area contributed by atoms with Crippen molar-refractivity contribution in [3.63, 3.8) is 0 Å². The summed E-state index contributed by atoms with van der Waals surface area (Å²) in [4.78, 5) is 8.00. The lowest BCUT2D eigenvalue weighted by Gasteiger charge is -2.26. The average molecular weight is 225 g/mol. The number of nitrogens with two attached hydrogens (primary N) is 1. The molecule has 0 radical (unpaired) electrons. The lowest BCUT2D eigenvalue weighted by Crippen LogP contribution is -2.38. The molecule has 2 rings (SSSR count). The molecule has 1 aliphatic rings. The van der Waals surface area contributed by atoms with Gasteiger partial charge in [0, 0.05) is 30.2 Å². The Morgan fingerprint density at radius 1 is 1.67 bits per heavy atom. The summed E-state index contributed by atoms with van der Waals surface area (Å²) >= 11 is 1.78. The van der Waals surface area contributed by atoms with Gasteiger partial charge in [-0.3, -0.25) is 4.90 Å². The van der Waals surface area contributed by atoms with Crippen LogP contribution in [0.4, 0.5) is 0 Å². The molecule has 1 saturated carbocycles. The van der Waals surface area contributed by atoms with E-state index < -0.39 is 0 Å². The Morgan fingerprint density at radius 3 is 2.87 bits per heavy atom. The zero-order chi connectivity index (χ0) is 10.8. The molecule has 1 unspecified atom stereocenters. The van der Waals surface area contributed by atoms with Gasteiger partial charge in [0.15, 0.2) is 0 Å². The zero-order valence-electron chi connectivity index (χ0n) is 9.44. The molecular formula is C11H19N3S. The van der Waals surface area contributed by atoms with Crippen LogP contribution in [0.25, 0.3) is 0 Å². The Hall–Kier alpha value is -0.450. The van der Waals surface area contributed by atoms with Crippen LogP contribution >= 0.6 is 11.3 Å². The van der Waals surface area contributed by atoms with Gasteiger partial charge in [-0.15, -0.1) is 11.3 Å². The second kappa shape index (κ2) is 4.60. The van der Waals surface area contributed by atoms with Gasteiger partial charge in [-0.25, -0.2) is 4.98 Å². The van der Waals surface area contributed by atoms with Crippen molar-refractivity contribution >= 4 is 11.3 Å². The number of rotatable bonds is 5. The smallest absolute Gasteiger partial charge is 0.0897 e. The van der Waals surface area contributed by atoms with E-state index >= 15 is 0 Å². The molecule has 1 aliphatic carbocycles. The number of thiazole rings is 1. The van der Waals surface area contributed by atoms with Crippen molar-refractivity contribution in [1.29, 1.82) is 0 Å². The standard InChI is InChI=1S/C11H19N3S/c1-8-13-6-10(15-8)7-14(2)11(5-12)9-3-4-9/h6,9,11H,3-5,7,12H2,1-2H3. The molecule has 0 amide bonds. The average Bonchev–Trinajstić information content (AvgIpc) is 2.93. The number of aromatic nitrogens is 1. The van der Waals surface area contributed by atoms with Gasteiger partial charge >= 0.3 is 0 Å². The van der Waals surface area contributed by atoms with E-state index in [0.717, 1.165) is 24.0 Å². The maximum atomic E-state index is 5.82. The summed E-state index contributed by atoms with van der Waals surface area (Å²) in [5, 5.41) is 1.15. The molecule has 15 heavy (non-hydrogen) atoms. The number of hydrogen-bond donors (Lipinski definition) is 1. The summed E-state index contributed by atoms with van der Waals surface area (Å²) in [6.07, 6.45) is 4.69. The molecule has 1 heterocycles. The van der Waals surface area contributed by atoms with Crippen LogP contribution in [0.1, 0.15) is 22.7 Å². The molecule has 0 spiro atoms. The molecule has 1 aromatic heterocycles. The molecule has 2 N–H and O–H groups in total. The van der Waals surface area contributed by atoms with Gasteiger partial charge < -0.3 is 5.73 Å². The SMILES string of the molecule is Cc1ncc(CN(C)C(CN)C2CC2)s1. The van der Waals surface area contributed by atoms with Crippen LogP contribution in [0, 0.1) is 12.8 Å². The fraction of sp³-hybridized carbons (Fsp3) is 0.727. The molecule has 1 aromatic rings. The lowest BCUT2D eigenvalue weighted by molar-refractivity contribution is 0.217. The van der Waals surface area contributed by atoms with Crippen molar-refractivity contribution in [2.45, 2.75) is 32.4 Å². The number of aryl methyl sites for hydroxylation is 1. The van der Waals surface area contributed by atoms with E-state index in [1.54, 1.807) is 11.3 Å². The third-order valence-corrected chi connectivity index (χ3v) is 3.95. The van der Waals surface area contributed by atoms with Gasteiger partial charge in [-0.2, -0.15) is 0 Å². The summed E-state index contributed by atoms with van der Waals surface area (Å²) in [6, 6.07) is 0.562. The van der Waals surface area contributed by atoms with Crippen LogP contribution in [0.5, 0.6) is 0 Å². The Kier molecular flexibility index (Phi) is 3.38. The minimum absolute atomic E-state index is 0.562. The van der Waals surface area contributed by atoms with E-state index in [1.165, 1.54) is 17.7 Å². The highest BCUT2D eigenvalue weighted by Crippen LogP contribution is 2.35. The fourth-order valence-corrected chi connectivity index (χ4v) is 2.91. The van der Waals surface area contributed by atoms with Crippen LogP contribution in [0.2, 0.25) is 0 Å². The monoisotopic (exact) mass is 225 g/mol. The maximum Gasteiger partial charge on any atom is 0.0897 e. The minimum atomic E-state index is 0.562. The Bertz CT molecular complexity index is 319. The highest BCUT2D eigenvalue weighted by Gasteiger charge is 2.32. The number of hydrogen-bond acceptors (Lipinski definition) is 4. The van der Waals surface area contributed by atoms with Crippen LogP contribution in [0.15, 0.2) is 6.20 Å². The summed E-state index contributed by atoms with van der Waals surface area (Å²) in [6.45, 7) is 3.82. The Balaban J connectivity index is 1.92. The quantitative estimate of drug-likeness (QED) is 0.828. The van der Waals surface area contributed by atoms with E-state index in [2.05, 4.69) is 23.9 Å². The normalized spacial score (nSPS) is 18.4. The van der Waals surface area contributed by atoms with E-state index in [1.807, 2.05) is 6.20 Å². The second-order valence-corrected chi connectivity index (χ2v) is 5.72. The third-order valence-electron chi connectivity index (χ3n) is 3.05. The zero-order valence-corrected chi connectivity index (χ0v) is 10.3. The largest absolute Gasteiger partial charge is 0.329 e. The molecular weight excluding hydrogens is 206 g/mol. The highest BCUT2D eigenvalue weighted by atomic mass is 32.1. The summed E-state index contributed by atoms with van der Waals surface area (Å²) in [5.41, 5.74) is 5.82. The highest BCUT2D eigenvalue weighted by molar-refractivity contribution is 7.11. The second-order valence-electron chi connectivity index (χ2n) is 4.40. The van der Waals surface area contributed by atoms with E-state index in [9.17, 15) is 0 Å².